The molecule has 0 N–H and O–H groups in total. The van der Waals surface area contributed by atoms with Gasteiger partial charge in [-0.25, -0.2) is 4.39 Å². The summed E-state index contributed by atoms with van der Waals surface area (Å²) in [4.78, 5) is 0. The van der Waals surface area contributed by atoms with Crippen LogP contribution in [0, 0.1) is 41.5 Å². The van der Waals surface area contributed by atoms with Gasteiger partial charge >= 0.3 is 32.7 Å². The van der Waals surface area contributed by atoms with Crippen molar-refractivity contribution < 1.29 is 37.1 Å². The summed E-state index contributed by atoms with van der Waals surface area (Å²) in [5.74, 6) is 5.38. The molecule has 144 valence electrons. The van der Waals surface area contributed by atoms with Crippen LogP contribution in [0.2, 0.25) is 0 Å². The van der Waals surface area contributed by atoms with Crippen LogP contribution < -0.4 is 0 Å². The van der Waals surface area contributed by atoms with Crippen LogP contribution in [-0.4, -0.2) is 0 Å². The molecule has 0 unspecified atom stereocenters. The monoisotopic (exact) mass is 444 g/mol. The average Bonchev–Trinajstić information content (AvgIpc) is 2.69. The Morgan fingerprint density at radius 3 is 1.67 bits per heavy atom. The van der Waals surface area contributed by atoms with E-state index in [1.807, 2.05) is 0 Å². The largest absolute Gasteiger partial charge is 3.00 e. The van der Waals surface area contributed by atoms with E-state index in [-0.39, 0.29) is 38.5 Å². The minimum absolute atomic E-state index is 0. The molecule has 0 nitrogen and oxygen atoms in total. The SMILES string of the molecule is CC1CCC(C2CCC(C3CCC(c4cc[c-]c(F)c4)CC3)CC2)CC1.[Y+3]. The number of benzene rings is 1. The number of halogens is 1. The van der Waals surface area contributed by atoms with Gasteiger partial charge in [-0.3, -0.25) is 0 Å². The van der Waals surface area contributed by atoms with Gasteiger partial charge in [0.2, 0.25) is 0 Å². The predicted octanol–water partition coefficient (Wildman–Crippen LogP) is 7.53. The van der Waals surface area contributed by atoms with Gasteiger partial charge in [0.05, 0.1) is 0 Å². The zero-order chi connectivity index (χ0) is 17.9. The molecule has 0 heterocycles. The third-order valence-electron chi connectivity index (χ3n) is 8.24. The van der Waals surface area contributed by atoms with Crippen LogP contribution in [0.15, 0.2) is 18.2 Å². The van der Waals surface area contributed by atoms with E-state index in [9.17, 15) is 4.39 Å². The molecule has 3 fully saturated rings. The van der Waals surface area contributed by atoms with Gasteiger partial charge < -0.3 is 0 Å². The average molecular weight is 444 g/mol. The second-order valence-corrected chi connectivity index (χ2v) is 9.78. The molecular weight excluding hydrogens is 408 g/mol. The van der Waals surface area contributed by atoms with Crippen LogP contribution in [0.3, 0.4) is 0 Å². The summed E-state index contributed by atoms with van der Waals surface area (Å²) in [5.41, 5.74) is 1.20. The minimum Gasteiger partial charge on any atom is -0.236 e. The minimum atomic E-state index is -0.194. The van der Waals surface area contributed by atoms with E-state index in [0.29, 0.717) is 5.92 Å². The van der Waals surface area contributed by atoms with Crippen molar-refractivity contribution in [2.45, 2.75) is 89.9 Å². The maximum atomic E-state index is 13.4. The zero-order valence-corrected chi connectivity index (χ0v) is 20.0. The molecule has 3 aliphatic rings. The molecule has 2 heteroatoms. The molecule has 4 rings (SSSR count). The van der Waals surface area contributed by atoms with Crippen molar-refractivity contribution in [3.05, 3.63) is 35.6 Å². The summed E-state index contributed by atoms with van der Waals surface area (Å²) in [6.45, 7) is 2.44. The first-order chi connectivity index (χ1) is 12.7. The fraction of sp³-hybridized carbons (Fsp3) is 0.760. The Kier molecular flexibility index (Phi) is 8.40. The van der Waals surface area contributed by atoms with Gasteiger partial charge in [0, 0.05) is 5.82 Å². The Balaban J connectivity index is 0.00000210. The summed E-state index contributed by atoms with van der Waals surface area (Å²) in [6, 6.07) is 8.18. The smallest absolute Gasteiger partial charge is 0.236 e. The second-order valence-electron chi connectivity index (χ2n) is 9.78. The fourth-order valence-electron chi connectivity index (χ4n) is 6.48. The Morgan fingerprint density at radius 1 is 0.741 bits per heavy atom. The van der Waals surface area contributed by atoms with Gasteiger partial charge in [0.1, 0.15) is 0 Å². The molecule has 1 aromatic carbocycles. The molecule has 0 saturated heterocycles. The van der Waals surface area contributed by atoms with Crippen LogP contribution >= 0.6 is 0 Å². The van der Waals surface area contributed by atoms with Crippen molar-refractivity contribution in [2.75, 3.05) is 0 Å². The fourth-order valence-corrected chi connectivity index (χ4v) is 6.48. The van der Waals surface area contributed by atoms with E-state index in [1.54, 1.807) is 12.1 Å². The molecule has 27 heavy (non-hydrogen) atoms. The molecule has 3 saturated carbocycles. The first-order valence-electron chi connectivity index (χ1n) is 11.4. The van der Waals surface area contributed by atoms with E-state index < -0.39 is 0 Å². The summed E-state index contributed by atoms with van der Waals surface area (Å²) in [5, 5.41) is 0. The normalized spacial score (nSPS) is 37.4. The van der Waals surface area contributed by atoms with Gasteiger partial charge in [0.15, 0.2) is 0 Å². The summed E-state index contributed by atoms with van der Waals surface area (Å²) in [7, 11) is 0. The Morgan fingerprint density at radius 2 is 1.19 bits per heavy atom. The molecular formula is C25H36FY+2. The summed E-state index contributed by atoms with van der Waals surface area (Å²) in [6.07, 6.45) is 17.2. The Labute approximate surface area is 191 Å². The van der Waals surface area contributed by atoms with Crippen molar-refractivity contribution in [3.8, 4) is 0 Å². The standard InChI is InChI=1S/C25H36F.Y/c1-18-5-7-19(8-6-18)20-9-11-21(12-10-20)22-13-15-23(16-14-22)24-3-2-4-25(26)17-24;/h2-3,17-23H,5-16H2,1H3;/q-1;+3. The molecule has 3 aliphatic carbocycles. The van der Waals surface area contributed by atoms with Gasteiger partial charge in [-0.2, -0.15) is 17.7 Å². The number of hydrogen-bond donors (Lipinski definition) is 0. The van der Waals surface area contributed by atoms with Crippen molar-refractivity contribution in [2.24, 2.45) is 29.6 Å². The third kappa shape index (κ3) is 5.66. The van der Waals surface area contributed by atoms with Crippen LogP contribution in [0.5, 0.6) is 0 Å². The molecule has 0 atom stereocenters. The molecule has 0 radical (unpaired) electrons. The van der Waals surface area contributed by atoms with Crippen LogP contribution in [-0.2, 0) is 32.7 Å². The first kappa shape index (κ1) is 22.0. The molecule has 0 spiro atoms. The van der Waals surface area contributed by atoms with E-state index in [1.165, 1.54) is 82.6 Å². The van der Waals surface area contributed by atoms with Crippen LogP contribution in [0.1, 0.15) is 95.5 Å². The topological polar surface area (TPSA) is 0 Å². The summed E-state index contributed by atoms with van der Waals surface area (Å²) < 4.78 is 13.4. The quantitative estimate of drug-likeness (QED) is 0.423. The van der Waals surface area contributed by atoms with E-state index in [4.69, 9.17) is 0 Å². The molecule has 1 aromatic rings. The molecule has 0 bridgehead atoms. The third-order valence-corrected chi connectivity index (χ3v) is 8.24. The van der Waals surface area contributed by atoms with Crippen molar-refractivity contribution >= 4 is 0 Å². The van der Waals surface area contributed by atoms with Gasteiger partial charge in [-0.05, 0) is 99.7 Å². The Hall–Kier alpha value is 0.254. The molecule has 0 aliphatic heterocycles. The zero-order valence-electron chi connectivity index (χ0n) is 17.1. The molecule has 0 amide bonds. The van der Waals surface area contributed by atoms with Crippen LogP contribution in [0.4, 0.5) is 4.39 Å². The number of hydrogen-bond acceptors (Lipinski definition) is 0. The van der Waals surface area contributed by atoms with Crippen molar-refractivity contribution in [3.63, 3.8) is 0 Å². The van der Waals surface area contributed by atoms with Gasteiger partial charge in [0.25, 0.3) is 0 Å². The van der Waals surface area contributed by atoms with E-state index >= 15 is 0 Å². The number of rotatable bonds is 3. The van der Waals surface area contributed by atoms with E-state index in [0.717, 1.165) is 29.6 Å². The van der Waals surface area contributed by atoms with Gasteiger partial charge in [-0.1, -0.05) is 19.8 Å². The summed E-state index contributed by atoms with van der Waals surface area (Å²) >= 11 is 0. The van der Waals surface area contributed by atoms with Crippen LogP contribution in [0.25, 0.3) is 0 Å². The first-order valence-corrected chi connectivity index (χ1v) is 11.4. The Bertz CT molecular complexity index is 561. The maximum Gasteiger partial charge on any atom is 3.00 e. The molecule has 0 aromatic heterocycles. The second kappa shape index (κ2) is 10.3. The maximum absolute atomic E-state index is 13.4. The predicted molar refractivity (Wildman–Crippen MR) is 107 cm³/mol. The van der Waals surface area contributed by atoms with E-state index in [2.05, 4.69) is 19.1 Å². The van der Waals surface area contributed by atoms with Crippen molar-refractivity contribution in [1.29, 1.82) is 0 Å². The van der Waals surface area contributed by atoms with Gasteiger partial charge in [-0.15, -0.1) is 12.1 Å². The van der Waals surface area contributed by atoms with Crippen molar-refractivity contribution in [1.82, 2.24) is 0 Å².